The van der Waals surface area contributed by atoms with Crippen LogP contribution >= 0.6 is 12.2 Å². The number of hydrogen-bond donors (Lipinski definition) is 1. The van der Waals surface area contributed by atoms with Crippen LogP contribution in [0.25, 0.3) is 5.69 Å². The first-order chi connectivity index (χ1) is 10.7. The summed E-state index contributed by atoms with van der Waals surface area (Å²) in [6, 6.07) is 1.74. The summed E-state index contributed by atoms with van der Waals surface area (Å²) in [6.45, 7) is 5.45. The van der Waals surface area contributed by atoms with Crippen molar-refractivity contribution in [3.8, 4) is 11.7 Å². The van der Waals surface area contributed by atoms with Crippen LogP contribution in [0.2, 0.25) is 0 Å². The Bertz CT molecular complexity index is 928. The van der Waals surface area contributed by atoms with Crippen LogP contribution in [0.1, 0.15) is 22.3 Å². The van der Waals surface area contributed by atoms with Gasteiger partial charge in [0.15, 0.2) is 0 Å². The van der Waals surface area contributed by atoms with Crippen molar-refractivity contribution in [1.82, 2.24) is 14.1 Å². The topological polar surface area (TPSA) is 92.1 Å². The Balaban J connectivity index is 2.92. The molecule has 0 aliphatic carbocycles. The molecule has 0 bridgehead atoms. The fraction of sp³-hybridized carbons (Fsp3) is 0.333. The number of nitrogens with zero attached hydrogens (tertiary/aromatic N) is 3. The SMILES string of the molecule is COc1nc(=O)n(-c2c(C)cc(C(N)=S)c(C)c2C)c(=O)n1C. The van der Waals surface area contributed by atoms with Gasteiger partial charge >= 0.3 is 17.4 Å². The van der Waals surface area contributed by atoms with Crippen LogP contribution in [0.4, 0.5) is 0 Å². The Morgan fingerprint density at radius 1 is 1.26 bits per heavy atom. The van der Waals surface area contributed by atoms with E-state index >= 15 is 0 Å². The molecule has 2 N–H and O–H groups in total. The lowest BCUT2D eigenvalue weighted by molar-refractivity contribution is 0.347. The molecule has 0 aliphatic rings. The van der Waals surface area contributed by atoms with Gasteiger partial charge in [0, 0.05) is 12.6 Å². The van der Waals surface area contributed by atoms with E-state index in [0.717, 1.165) is 21.3 Å². The van der Waals surface area contributed by atoms with Crippen LogP contribution in [0.15, 0.2) is 15.7 Å². The molecule has 7 nitrogen and oxygen atoms in total. The number of ether oxygens (including phenoxy) is 1. The largest absolute Gasteiger partial charge is 0.468 e. The lowest BCUT2D eigenvalue weighted by atomic mass is 9.97. The molecule has 23 heavy (non-hydrogen) atoms. The molecule has 1 aromatic carbocycles. The number of rotatable bonds is 3. The minimum atomic E-state index is -0.696. The summed E-state index contributed by atoms with van der Waals surface area (Å²) in [6.07, 6.45) is 0. The van der Waals surface area contributed by atoms with Gasteiger partial charge in [-0.1, -0.05) is 12.2 Å². The number of thiocarbonyl (C=S) groups is 1. The molecular formula is C15H18N4O3S. The highest BCUT2D eigenvalue weighted by Crippen LogP contribution is 2.24. The van der Waals surface area contributed by atoms with Crippen molar-refractivity contribution < 1.29 is 4.74 Å². The molecule has 2 rings (SSSR count). The summed E-state index contributed by atoms with van der Waals surface area (Å²) in [5.41, 5.74) is 8.00. The summed E-state index contributed by atoms with van der Waals surface area (Å²) < 4.78 is 7.15. The maximum atomic E-state index is 12.6. The summed E-state index contributed by atoms with van der Waals surface area (Å²) in [4.78, 5) is 28.9. The van der Waals surface area contributed by atoms with Crippen molar-refractivity contribution in [1.29, 1.82) is 0 Å². The maximum absolute atomic E-state index is 12.6. The number of benzene rings is 1. The monoisotopic (exact) mass is 334 g/mol. The second kappa shape index (κ2) is 5.96. The van der Waals surface area contributed by atoms with Crippen molar-refractivity contribution >= 4 is 17.2 Å². The molecule has 122 valence electrons. The normalized spacial score (nSPS) is 10.7. The predicted octanol–water partition coefficient (Wildman–Crippen LogP) is 0.499. The van der Waals surface area contributed by atoms with Gasteiger partial charge in [0.1, 0.15) is 4.99 Å². The lowest BCUT2D eigenvalue weighted by Crippen LogP contribution is -2.40. The molecule has 0 saturated carbocycles. The second-order valence-corrected chi connectivity index (χ2v) is 5.70. The van der Waals surface area contributed by atoms with Crippen LogP contribution < -0.4 is 21.9 Å². The molecule has 0 aliphatic heterocycles. The second-order valence-electron chi connectivity index (χ2n) is 5.26. The highest BCUT2D eigenvalue weighted by atomic mass is 32.1. The first kappa shape index (κ1) is 16.9. The molecule has 0 atom stereocenters. The maximum Gasteiger partial charge on any atom is 0.360 e. The van der Waals surface area contributed by atoms with Crippen molar-refractivity contribution in [2.24, 2.45) is 12.8 Å². The van der Waals surface area contributed by atoms with Crippen LogP contribution in [0, 0.1) is 20.8 Å². The standard InChI is InChI=1S/C15H18N4O3S/c1-7-6-10(12(16)23)8(2)9(3)11(7)19-13(20)17-14(22-5)18(4)15(19)21/h6H,1-5H3,(H2,16,23). The number of methoxy groups -OCH3 is 1. The van der Waals surface area contributed by atoms with E-state index in [4.69, 9.17) is 22.7 Å². The van der Waals surface area contributed by atoms with Gasteiger partial charge in [-0.05, 0) is 43.5 Å². The minimum Gasteiger partial charge on any atom is -0.468 e. The Labute approximate surface area is 138 Å². The molecular weight excluding hydrogens is 316 g/mol. The highest BCUT2D eigenvalue weighted by molar-refractivity contribution is 7.80. The number of aromatic nitrogens is 3. The third kappa shape index (κ3) is 2.65. The molecule has 0 amide bonds. The fourth-order valence-corrected chi connectivity index (χ4v) is 2.77. The van der Waals surface area contributed by atoms with E-state index in [2.05, 4.69) is 4.98 Å². The molecule has 2 aromatic rings. The van der Waals surface area contributed by atoms with Gasteiger partial charge in [0.2, 0.25) is 0 Å². The van der Waals surface area contributed by atoms with E-state index in [0.29, 0.717) is 11.3 Å². The van der Waals surface area contributed by atoms with E-state index in [9.17, 15) is 9.59 Å². The molecule has 1 aromatic heterocycles. The molecule has 1 heterocycles. The first-order valence-corrected chi connectivity index (χ1v) is 7.26. The Morgan fingerprint density at radius 2 is 1.87 bits per heavy atom. The van der Waals surface area contributed by atoms with Crippen LogP contribution in [-0.4, -0.2) is 26.2 Å². The third-order valence-corrected chi connectivity index (χ3v) is 4.10. The summed E-state index contributed by atoms with van der Waals surface area (Å²) >= 11 is 5.05. The van der Waals surface area contributed by atoms with E-state index in [1.54, 1.807) is 13.0 Å². The average molecular weight is 334 g/mol. The van der Waals surface area contributed by atoms with E-state index in [1.807, 2.05) is 13.8 Å². The van der Waals surface area contributed by atoms with Crippen molar-refractivity contribution in [2.75, 3.05) is 7.11 Å². The Hall–Kier alpha value is -2.48. The third-order valence-electron chi connectivity index (χ3n) is 3.88. The van der Waals surface area contributed by atoms with Crippen molar-refractivity contribution in [3.05, 3.63) is 49.3 Å². The van der Waals surface area contributed by atoms with Gasteiger partial charge < -0.3 is 10.5 Å². The molecule has 0 fully saturated rings. The number of hydrogen-bond acceptors (Lipinski definition) is 5. The molecule has 8 heteroatoms. The zero-order valence-electron chi connectivity index (χ0n) is 13.6. The van der Waals surface area contributed by atoms with E-state index in [1.165, 1.54) is 18.7 Å². The van der Waals surface area contributed by atoms with Gasteiger partial charge in [0.25, 0.3) is 0 Å². The molecule has 0 spiro atoms. The van der Waals surface area contributed by atoms with Gasteiger partial charge in [-0.25, -0.2) is 18.7 Å². The van der Waals surface area contributed by atoms with Crippen LogP contribution in [0.3, 0.4) is 0 Å². The average Bonchev–Trinajstić information content (AvgIpc) is 2.49. The summed E-state index contributed by atoms with van der Waals surface area (Å²) in [7, 11) is 2.84. The number of nitrogens with two attached hydrogens (primary N) is 1. The lowest BCUT2D eigenvalue weighted by Gasteiger charge is -2.17. The van der Waals surface area contributed by atoms with Gasteiger partial charge in [0.05, 0.1) is 12.8 Å². The summed E-state index contributed by atoms with van der Waals surface area (Å²) in [5, 5.41) is 0. The quantitative estimate of drug-likeness (QED) is 0.822. The highest BCUT2D eigenvalue weighted by Gasteiger charge is 2.19. The zero-order chi connectivity index (χ0) is 17.5. The van der Waals surface area contributed by atoms with Crippen LogP contribution in [-0.2, 0) is 7.05 Å². The smallest absolute Gasteiger partial charge is 0.360 e. The Kier molecular flexibility index (Phi) is 4.37. The summed E-state index contributed by atoms with van der Waals surface area (Å²) in [5.74, 6) is 0. The van der Waals surface area contributed by atoms with Gasteiger partial charge in [-0.15, -0.1) is 4.98 Å². The fourth-order valence-electron chi connectivity index (χ4n) is 2.56. The zero-order valence-corrected chi connectivity index (χ0v) is 14.4. The molecule has 0 unspecified atom stereocenters. The van der Waals surface area contributed by atoms with E-state index in [-0.39, 0.29) is 11.0 Å². The van der Waals surface area contributed by atoms with Gasteiger partial charge in [-0.2, -0.15) is 0 Å². The van der Waals surface area contributed by atoms with Crippen LogP contribution in [0.5, 0.6) is 6.01 Å². The van der Waals surface area contributed by atoms with Gasteiger partial charge in [-0.3, -0.25) is 0 Å². The number of aryl methyl sites for hydroxylation is 1. The van der Waals surface area contributed by atoms with Crippen molar-refractivity contribution in [2.45, 2.75) is 20.8 Å². The van der Waals surface area contributed by atoms with Crippen molar-refractivity contribution in [3.63, 3.8) is 0 Å². The van der Waals surface area contributed by atoms with E-state index < -0.39 is 11.4 Å². The Morgan fingerprint density at radius 3 is 2.39 bits per heavy atom. The molecule has 0 saturated heterocycles. The predicted molar refractivity (Wildman–Crippen MR) is 91.7 cm³/mol. The first-order valence-electron chi connectivity index (χ1n) is 6.85. The minimum absolute atomic E-state index is 0.0389. The molecule has 0 radical (unpaired) electrons.